The Bertz CT molecular complexity index is 313. The fourth-order valence-corrected chi connectivity index (χ4v) is 1.90. The summed E-state index contributed by atoms with van der Waals surface area (Å²) >= 11 is 0. The molecule has 0 radical (unpaired) electrons. The van der Waals surface area contributed by atoms with E-state index in [2.05, 4.69) is 29.4 Å². The molecule has 6 heteroatoms. The van der Waals surface area contributed by atoms with Gasteiger partial charge in [-0.3, -0.25) is 0 Å². The van der Waals surface area contributed by atoms with E-state index in [1.54, 1.807) is 20.8 Å². The van der Waals surface area contributed by atoms with E-state index in [9.17, 15) is 9.59 Å². The first-order valence-corrected chi connectivity index (χ1v) is 7.21. The molecule has 0 saturated carbocycles. The number of aliphatic carboxylic acids is 1. The van der Waals surface area contributed by atoms with Gasteiger partial charge < -0.3 is 20.6 Å². The van der Waals surface area contributed by atoms with E-state index < -0.39 is 23.5 Å². The number of rotatable bonds is 8. The van der Waals surface area contributed by atoms with E-state index >= 15 is 0 Å². The molecule has 0 spiro atoms. The zero-order chi connectivity index (χ0) is 15.8. The third-order valence-corrected chi connectivity index (χ3v) is 3.09. The van der Waals surface area contributed by atoms with E-state index in [4.69, 9.17) is 5.11 Å². The fourth-order valence-electron chi connectivity index (χ4n) is 1.90. The molecule has 0 aliphatic carbocycles. The van der Waals surface area contributed by atoms with Crippen molar-refractivity contribution in [3.8, 4) is 0 Å². The second-order valence-electron chi connectivity index (χ2n) is 5.97. The average Bonchev–Trinajstić information content (AvgIpc) is 2.33. The summed E-state index contributed by atoms with van der Waals surface area (Å²) in [6.07, 6.45) is 1.07. The van der Waals surface area contributed by atoms with Crippen LogP contribution in [0.2, 0.25) is 0 Å². The highest BCUT2D eigenvalue weighted by Crippen LogP contribution is 2.19. The summed E-state index contributed by atoms with van der Waals surface area (Å²) in [7, 11) is 0. The summed E-state index contributed by atoms with van der Waals surface area (Å²) in [6.45, 7) is 12.8. The van der Waals surface area contributed by atoms with Gasteiger partial charge in [0, 0.05) is 13.1 Å². The van der Waals surface area contributed by atoms with Crippen molar-refractivity contribution in [3.63, 3.8) is 0 Å². The Labute approximate surface area is 121 Å². The monoisotopic (exact) mass is 287 g/mol. The maximum atomic E-state index is 11.7. The first-order chi connectivity index (χ1) is 9.22. The highest BCUT2D eigenvalue weighted by atomic mass is 16.4. The van der Waals surface area contributed by atoms with Crippen LogP contribution in [0.15, 0.2) is 0 Å². The number of amides is 2. The normalized spacial score (nSPS) is 13.1. The molecule has 3 N–H and O–H groups in total. The molecule has 0 fully saturated rings. The van der Waals surface area contributed by atoms with Crippen LogP contribution in [-0.4, -0.2) is 54.2 Å². The third kappa shape index (κ3) is 7.33. The van der Waals surface area contributed by atoms with Gasteiger partial charge in [0.1, 0.15) is 6.04 Å². The van der Waals surface area contributed by atoms with Crippen LogP contribution in [0.4, 0.5) is 4.79 Å². The van der Waals surface area contributed by atoms with Gasteiger partial charge in [0.05, 0.1) is 0 Å². The van der Waals surface area contributed by atoms with Gasteiger partial charge in [-0.05, 0) is 24.9 Å². The number of nitrogens with one attached hydrogen (secondary N) is 2. The molecule has 0 bridgehead atoms. The Hall–Kier alpha value is -1.30. The molecule has 0 heterocycles. The zero-order valence-electron chi connectivity index (χ0n) is 13.3. The number of hydrogen-bond acceptors (Lipinski definition) is 3. The predicted molar refractivity (Wildman–Crippen MR) is 79.8 cm³/mol. The molecule has 0 rings (SSSR count). The van der Waals surface area contributed by atoms with Crippen LogP contribution < -0.4 is 10.6 Å². The number of likely N-dealkylation sites (N-methyl/N-ethyl adjacent to an activating group) is 1. The maximum absolute atomic E-state index is 11.7. The van der Waals surface area contributed by atoms with Crippen molar-refractivity contribution in [3.05, 3.63) is 0 Å². The van der Waals surface area contributed by atoms with Crippen molar-refractivity contribution in [2.45, 2.75) is 47.1 Å². The largest absolute Gasteiger partial charge is 0.480 e. The minimum Gasteiger partial charge on any atom is -0.480 e. The van der Waals surface area contributed by atoms with Crippen LogP contribution in [0.5, 0.6) is 0 Å². The fraction of sp³-hybridized carbons (Fsp3) is 0.857. The molecular formula is C14H29N3O3. The Balaban J connectivity index is 4.18. The Morgan fingerprint density at radius 2 is 1.80 bits per heavy atom. The van der Waals surface area contributed by atoms with Crippen molar-refractivity contribution in [1.29, 1.82) is 0 Å². The molecule has 1 atom stereocenters. The lowest BCUT2D eigenvalue weighted by Crippen LogP contribution is -2.53. The Morgan fingerprint density at radius 1 is 1.20 bits per heavy atom. The van der Waals surface area contributed by atoms with Crippen LogP contribution >= 0.6 is 0 Å². The summed E-state index contributed by atoms with van der Waals surface area (Å²) in [5.41, 5.74) is -0.527. The number of urea groups is 1. The molecule has 2 amide bonds. The average molecular weight is 287 g/mol. The van der Waals surface area contributed by atoms with Crippen LogP contribution in [0.25, 0.3) is 0 Å². The lowest BCUT2D eigenvalue weighted by molar-refractivity contribution is -0.141. The number of carboxylic acid groups (broad SMARTS) is 1. The van der Waals surface area contributed by atoms with Gasteiger partial charge in [-0.1, -0.05) is 34.6 Å². The molecule has 0 aromatic rings. The molecule has 6 nitrogen and oxygen atoms in total. The number of hydrogen-bond donors (Lipinski definition) is 3. The highest BCUT2D eigenvalue weighted by Gasteiger charge is 2.32. The van der Waals surface area contributed by atoms with Crippen LogP contribution in [0, 0.1) is 5.41 Å². The van der Waals surface area contributed by atoms with Crippen LogP contribution in [-0.2, 0) is 4.79 Å². The first kappa shape index (κ1) is 18.7. The lowest BCUT2D eigenvalue weighted by atomic mass is 9.87. The Morgan fingerprint density at radius 3 is 2.20 bits per heavy atom. The molecule has 0 aliphatic rings. The summed E-state index contributed by atoms with van der Waals surface area (Å²) in [4.78, 5) is 25.1. The minimum atomic E-state index is -1.02. The first-order valence-electron chi connectivity index (χ1n) is 7.21. The molecule has 0 aromatic heterocycles. The molecular weight excluding hydrogens is 258 g/mol. The van der Waals surface area contributed by atoms with Crippen molar-refractivity contribution < 1.29 is 14.7 Å². The number of carboxylic acids is 1. The summed E-state index contributed by atoms with van der Waals surface area (Å²) < 4.78 is 0. The minimum absolute atomic E-state index is 0.431. The van der Waals surface area contributed by atoms with E-state index in [-0.39, 0.29) is 0 Å². The van der Waals surface area contributed by atoms with E-state index in [0.717, 1.165) is 26.1 Å². The van der Waals surface area contributed by atoms with E-state index in [1.807, 2.05) is 0 Å². The van der Waals surface area contributed by atoms with E-state index in [0.29, 0.717) is 6.54 Å². The van der Waals surface area contributed by atoms with Gasteiger partial charge in [-0.15, -0.1) is 0 Å². The summed E-state index contributed by atoms with van der Waals surface area (Å²) in [6, 6.07) is -1.33. The second-order valence-corrected chi connectivity index (χ2v) is 5.97. The zero-order valence-corrected chi connectivity index (χ0v) is 13.3. The highest BCUT2D eigenvalue weighted by molar-refractivity contribution is 5.83. The van der Waals surface area contributed by atoms with Gasteiger partial charge in [-0.2, -0.15) is 0 Å². The maximum Gasteiger partial charge on any atom is 0.326 e. The standard InChI is InChI=1S/C14H29N3O3/c1-6-9-17(7-2)10-8-15-13(20)16-11(12(18)19)14(3,4)5/h11H,6-10H2,1-5H3,(H,18,19)(H2,15,16,20)/t11-/m1/s1. The van der Waals surface area contributed by atoms with Crippen LogP contribution in [0.3, 0.4) is 0 Å². The number of carbonyl (C=O) groups is 2. The summed E-state index contributed by atoms with van der Waals surface area (Å²) in [5.74, 6) is -1.02. The lowest BCUT2D eigenvalue weighted by Gasteiger charge is -2.28. The van der Waals surface area contributed by atoms with Gasteiger partial charge >= 0.3 is 12.0 Å². The molecule has 20 heavy (non-hydrogen) atoms. The smallest absolute Gasteiger partial charge is 0.326 e. The van der Waals surface area contributed by atoms with Gasteiger partial charge in [0.25, 0.3) is 0 Å². The van der Waals surface area contributed by atoms with Crippen molar-refractivity contribution >= 4 is 12.0 Å². The summed E-state index contributed by atoms with van der Waals surface area (Å²) in [5, 5.41) is 14.3. The molecule has 0 saturated heterocycles. The molecule has 0 aliphatic heterocycles. The van der Waals surface area contributed by atoms with Gasteiger partial charge in [0.2, 0.25) is 0 Å². The van der Waals surface area contributed by atoms with Gasteiger partial charge in [-0.25, -0.2) is 9.59 Å². The quantitative estimate of drug-likeness (QED) is 0.632. The molecule has 0 aromatic carbocycles. The third-order valence-electron chi connectivity index (χ3n) is 3.09. The second kappa shape index (κ2) is 8.79. The SMILES string of the molecule is CCCN(CC)CCNC(=O)N[C@H](C(=O)O)C(C)(C)C. The van der Waals surface area contributed by atoms with Crippen molar-refractivity contribution in [2.24, 2.45) is 5.41 Å². The van der Waals surface area contributed by atoms with Crippen LogP contribution in [0.1, 0.15) is 41.0 Å². The molecule has 0 unspecified atom stereocenters. The van der Waals surface area contributed by atoms with Gasteiger partial charge in [0.15, 0.2) is 0 Å². The Kier molecular flexibility index (Phi) is 8.22. The number of carbonyl (C=O) groups excluding carboxylic acids is 1. The topological polar surface area (TPSA) is 81.7 Å². The molecule has 118 valence electrons. The van der Waals surface area contributed by atoms with Crippen molar-refractivity contribution in [1.82, 2.24) is 15.5 Å². The van der Waals surface area contributed by atoms with Crippen molar-refractivity contribution in [2.75, 3.05) is 26.2 Å². The number of nitrogens with zero attached hydrogens (tertiary/aromatic N) is 1. The predicted octanol–water partition coefficient (Wildman–Crippen LogP) is 1.52. The van der Waals surface area contributed by atoms with E-state index in [1.165, 1.54) is 0 Å².